The first-order valence-corrected chi connectivity index (χ1v) is 12.9. The van der Waals surface area contributed by atoms with E-state index in [4.69, 9.17) is 10.5 Å². The number of likely N-dealkylation sites (tertiary alicyclic amines) is 1. The highest BCUT2D eigenvalue weighted by molar-refractivity contribution is 5.93. The first-order chi connectivity index (χ1) is 15.3. The number of rotatable bonds is 5. The number of nitrogens with zero attached hydrogens (tertiary/aromatic N) is 1. The third kappa shape index (κ3) is 6.09. The number of carbonyl (C=O) groups excluding carboxylic acids is 3. The second-order valence-electron chi connectivity index (χ2n) is 12.6. The Hall–Kier alpha value is -1.63. The van der Waals surface area contributed by atoms with Gasteiger partial charge in [0.1, 0.15) is 17.7 Å². The van der Waals surface area contributed by atoms with Crippen molar-refractivity contribution in [3.63, 3.8) is 0 Å². The predicted molar refractivity (Wildman–Crippen MR) is 128 cm³/mol. The zero-order chi connectivity index (χ0) is 24.6. The van der Waals surface area contributed by atoms with Crippen molar-refractivity contribution in [3.05, 3.63) is 0 Å². The van der Waals surface area contributed by atoms with E-state index in [0.29, 0.717) is 12.5 Å². The van der Waals surface area contributed by atoms with Crippen molar-refractivity contribution in [1.29, 1.82) is 0 Å². The summed E-state index contributed by atoms with van der Waals surface area (Å²) in [4.78, 5) is 41.9. The summed E-state index contributed by atoms with van der Waals surface area (Å²) in [6, 6.07) is -1.94. The molecular formula is C26H45N3O4. The molecule has 1 aliphatic heterocycles. The summed E-state index contributed by atoms with van der Waals surface area (Å²) in [5, 5.41) is 3.00. The fraction of sp³-hybridized carbons (Fsp3) is 0.885. The number of ether oxygens (including phenoxy) is 1. The zero-order valence-electron chi connectivity index (χ0n) is 21.5. The number of hydrogen-bond acceptors (Lipinski definition) is 5. The molecule has 2 aliphatic carbocycles. The maximum atomic E-state index is 13.9. The van der Waals surface area contributed by atoms with E-state index < -0.39 is 29.1 Å². The lowest BCUT2D eigenvalue weighted by Crippen LogP contribution is -2.60. The first kappa shape index (κ1) is 26.0. The molecule has 2 amide bonds. The van der Waals surface area contributed by atoms with Gasteiger partial charge >= 0.3 is 5.97 Å². The normalized spacial score (nSPS) is 28.2. The molecule has 0 aromatic rings. The van der Waals surface area contributed by atoms with Gasteiger partial charge in [-0.25, -0.2) is 4.79 Å². The highest BCUT2D eigenvalue weighted by atomic mass is 16.6. The predicted octanol–water partition coefficient (Wildman–Crippen LogP) is 3.39. The van der Waals surface area contributed by atoms with Crippen molar-refractivity contribution in [1.82, 2.24) is 10.2 Å². The third-order valence-electron chi connectivity index (χ3n) is 7.68. The SMILES string of the molecule is CC(C)(C)OC(=O)[C@@H]1[C@@H]2CCC[C@@H]2CN1C(=O)[C@@H](NC(=O)[C@@H](N)C1CCCCC1)C(C)(C)C. The average molecular weight is 464 g/mol. The van der Waals surface area contributed by atoms with Gasteiger partial charge < -0.3 is 20.7 Å². The standard InChI is InChI=1S/C26H45N3O4/c1-25(2,3)21(28-22(30)19(27)16-11-8-7-9-12-16)23(31)29-15-17-13-10-14-18(17)20(29)24(32)33-26(4,5)6/h16-21H,7-15,27H2,1-6H3,(H,28,30)/t17-,18-,19+,20+,21-/m1/s1. The van der Waals surface area contributed by atoms with E-state index in [1.807, 2.05) is 41.5 Å². The molecule has 188 valence electrons. The van der Waals surface area contributed by atoms with Crippen molar-refractivity contribution in [3.8, 4) is 0 Å². The van der Waals surface area contributed by atoms with Gasteiger partial charge in [-0.05, 0) is 69.6 Å². The van der Waals surface area contributed by atoms with Crippen LogP contribution in [0, 0.1) is 23.2 Å². The molecule has 5 atom stereocenters. The topological polar surface area (TPSA) is 102 Å². The van der Waals surface area contributed by atoms with E-state index >= 15 is 0 Å². The van der Waals surface area contributed by atoms with Crippen molar-refractivity contribution in [2.75, 3.05) is 6.54 Å². The lowest BCUT2D eigenvalue weighted by atomic mass is 9.82. The van der Waals surface area contributed by atoms with E-state index in [-0.39, 0.29) is 29.6 Å². The highest BCUT2D eigenvalue weighted by Gasteiger charge is 2.53. The van der Waals surface area contributed by atoms with Gasteiger partial charge in [-0.1, -0.05) is 46.5 Å². The van der Waals surface area contributed by atoms with Gasteiger partial charge in [0.25, 0.3) is 0 Å². The van der Waals surface area contributed by atoms with E-state index in [2.05, 4.69) is 5.32 Å². The monoisotopic (exact) mass is 463 g/mol. The second kappa shape index (κ2) is 9.93. The molecule has 1 heterocycles. The molecule has 3 rings (SSSR count). The maximum absolute atomic E-state index is 13.9. The summed E-state index contributed by atoms with van der Waals surface area (Å²) in [6.45, 7) is 11.9. The van der Waals surface area contributed by atoms with Crippen LogP contribution >= 0.6 is 0 Å². The lowest BCUT2D eigenvalue weighted by molar-refractivity contribution is -0.165. The summed E-state index contributed by atoms with van der Waals surface area (Å²) in [5.41, 5.74) is 5.21. The van der Waals surface area contributed by atoms with Crippen molar-refractivity contribution < 1.29 is 19.1 Å². The first-order valence-electron chi connectivity index (χ1n) is 12.9. The largest absolute Gasteiger partial charge is 0.458 e. The molecule has 3 aliphatic rings. The molecule has 7 nitrogen and oxygen atoms in total. The fourth-order valence-electron chi connectivity index (χ4n) is 5.96. The Morgan fingerprint density at radius 1 is 0.939 bits per heavy atom. The summed E-state index contributed by atoms with van der Waals surface area (Å²) in [7, 11) is 0. The van der Waals surface area contributed by atoms with Gasteiger partial charge in [0.05, 0.1) is 6.04 Å². The lowest BCUT2D eigenvalue weighted by Gasteiger charge is -2.37. The second-order valence-corrected chi connectivity index (χ2v) is 12.6. The summed E-state index contributed by atoms with van der Waals surface area (Å²) in [5.74, 6) is -0.185. The van der Waals surface area contributed by atoms with Gasteiger partial charge in [0, 0.05) is 6.54 Å². The number of nitrogens with two attached hydrogens (primary N) is 1. The average Bonchev–Trinajstić information content (AvgIpc) is 3.30. The Morgan fingerprint density at radius 3 is 2.15 bits per heavy atom. The highest BCUT2D eigenvalue weighted by Crippen LogP contribution is 2.43. The summed E-state index contributed by atoms with van der Waals surface area (Å²) < 4.78 is 5.73. The summed E-state index contributed by atoms with van der Waals surface area (Å²) in [6.07, 6.45) is 8.33. The van der Waals surface area contributed by atoms with Crippen molar-refractivity contribution in [2.24, 2.45) is 28.9 Å². The van der Waals surface area contributed by atoms with Gasteiger partial charge in [-0.2, -0.15) is 0 Å². The van der Waals surface area contributed by atoms with E-state index in [0.717, 1.165) is 44.9 Å². The van der Waals surface area contributed by atoms with E-state index in [1.54, 1.807) is 4.90 Å². The third-order valence-corrected chi connectivity index (χ3v) is 7.68. The Morgan fingerprint density at radius 2 is 1.58 bits per heavy atom. The van der Waals surface area contributed by atoms with Crippen LogP contribution < -0.4 is 11.1 Å². The molecule has 7 heteroatoms. The van der Waals surface area contributed by atoms with Crippen LogP contribution in [0.1, 0.15) is 92.9 Å². The maximum Gasteiger partial charge on any atom is 0.329 e. The Bertz CT molecular complexity index is 733. The van der Waals surface area contributed by atoms with E-state index in [9.17, 15) is 14.4 Å². The molecule has 0 radical (unpaired) electrons. The number of esters is 1. The number of nitrogens with one attached hydrogen (secondary N) is 1. The Kier molecular flexibility index (Phi) is 7.82. The number of fused-ring (bicyclic) bond motifs is 1. The molecule has 0 unspecified atom stereocenters. The minimum absolute atomic E-state index is 0.129. The molecule has 33 heavy (non-hydrogen) atoms. The van der Waals surface area contributed by atoms with Crippen LogP contribution in [0.2, 0.25) is 0 Å². The van der Waals surface area contributed by atoms with Gasteiger partial charge in [-0.3, -0.25) is 9.59 Å². The van der Waals surface area contributed by atoms with Gasteiger partial charge in [-0.15, -0.1) is 0 Å². The number of carbonyl (C=O) groups is 3. The van der Waals surface area contributed by atoms with Crippen LogP contribution in [-0.2, 0) is 19.1 Å². The smallest absolute Gasteiger partial charge is 0.329 e. The Balaban J connectivity index is 1.79. The van der Waals surface area contributed by atoms with Crippen molar-refractivity contribution >= 4 is 17.8 Å². The zero-order valence-corrected chi connectivity index (χ0v) is 21.5. The quantitative estimate of drug-likeness (QED) is 0.609. The van der Waals surface area contributed by atoms with Crippen LogP contribution in [0.5, 0.6) is 0 Å². The molecular weight excluding hydrogens is 418 g/mol. The fourth-order valence-corrected chi connectivity index (χ4v) is 5.96. The molecule has 0 bridgehead atoms. The molecule has 0 aromatic carbocycles. The Labute approximate surface area is 199 Å². The number of amides is 2. The number of hydrogen-bond donors (Lipinski definition) is 2. The van der Waals surface area contributed by atoms with Crippen LogP contribution in [0.4, 0.5) is 0 Å². The van der Waals surface area contributed by atoms with Crippen LogP contribution in [0.15, 0.2) is 0 Å². The van der Waals surface area contributed by atoms with Crippen LogP contribution in [0.25, 0.3) is 0 Å². The van der Waals surface area contributed by atoms with Crippen molar-refractivity contribution in [2.45, 2.75) is 117 Å². The van der Waals surface area contributed by atoms with E-state index in [1.165, 1.54) is 6.42 Å². The molecule has 0 spiro atoms. The molecule has 1 saturated heterocycles. The molecule has 3 fully saturated rings. The van der Waals surface area contributed by atoms with Crippen LogP contribution in [-0.4, -0.2) is 53.0 Å². The molecule has 0 aromatic heterocycles. The molecule has 3 N–H and O–H groups in total. The minimum Gasteiger partial charge on any atom is -0.458 e. The minimum atomic E-state index is -0.747. The van der Waals surface area contributed by atoms with Crippen LogP contribution in [0.3, 0.4) is 0 Å². The summed E-state index contributed by atoms with van der Waals surface area (Å²) >= 11 is 0. The van der Waals surface area contributed by atoms with Gasteiger partial charge in [0.2, 0.25) is 11.8 Å². The molecule has 2 saturated carbocycles. The van der Waals surface area contributed by atoms with Gasteiger partial charge in [0.15, 0.2) is 0 Å².